The molecule has 0 spiro atoms. The van der Waals surface area contributed by atoms with Gasteiger partial charge in [0.1, 0.15) is 0 Å². The number of aryl methyl sites for hydroxylation is 2. The Bertz CT molecular complexity index is 1000. The number of ether oxygens (including phenoxy) is 1. The molecule has 3 rings (SSSR count). The van der Waals surface area contributed by atoms with Crippen LogP contribution in [0.15, 0.2) is 12.1 Å². The second-order valence-corrected chi connectivity index (χ2v) is 5.48. The van der Waals surface area contributed by atoms with Gasteiger partial charge in [-0.25, -0.2) is 19.1 Å². The lowest BCUT2D eigenvalue weighted by Gasteiger charge is -2.07. The smallest absolute Gasteiger partial charge is 0.356 e. The highest BCUT2D eigenvalue weighted by molar-refractivity contribution is 5.91. The summed E-state index contributed by atoms with van der Waals surface area (Å²) in [6.07, 6.45) is 0. The molecule has 0 aromatic carbocycles. The van der Waals surface area contributed by atoms with E-state index in [-0.39, 0.29) is 17.0 Å². The number of carboxylic acid groups (broad SMARTS) is 1. The molecule has 0 fully saturated rings. The predicted octanol–water partition coefficient (Wildman–Crippen LogP) is 1.71. The van der Waals surface area contributed by atoms with Crippen LogP contribution in [0.3, 0.4) is 0 Å². The van der Waals surface area contributed by atoms with E-state index in [1.54, 1.807) is 0 Å². The van der Waals surface area contributed by atoms with Crippen LogP contribution < -0.4 is 0 Å². The summed E-state index contributed by atoms with van der Waals surface area (Å²) in [7, 11) is 1.25. The van der Waals surface area contributed by atoms with Gasteiger partial charge in [-0.3, -0.25) is 4.68 Å². The Morgan fingerprint density at radius 3 is 2.52 bits per heavy atom. The molecule has 0 aliphatic rings. The number of aromatic carboxylic acids is 1. The van der Waals surface area contributed by atoms with Crippen molar-refractivity contribution < 1.29 is 19.4 Å². The van der Waals surface area contributed by atoms with Crippen molar-refractivity contribution in [2.45, 2.75) is 27.3 Å². The molecular weight excluding hydrogens is 326 g/mol. The largest absolute Gasteiger partial charge is 0.476 e. The minimum atomic E-state index is -1.20. The van der Waals surface area contributed by atoms with Crippen LogP contribution in [0, 0.1) is 13.8 Å². The molecule has 3 aromatic rings. The van der Waals surface area contributed by atoms with Gasteiger partial charge in [0.25, 0.3) is 0 Å². The van der Waals surface area contributed by atoms with E-state index in [0.29, 0.717) is 12.2 Å². The SMILES string of the molecule is CCn1nc(C)c(-c2cc(C(=O)OC)n3nc(C(=O)O)cc3n2)c1C. The topological polar surface area (TPSA) is 112 Å². The quantitative estimate of drug-likeness (QED) is 0.718. The average Bonchev–Trinajstić information content (AvgIpc) is 3.13. The summed E-state index contributed by atoms with van der Waals surface area (Å²) in [4.78, 5) is 27.8. The van der Waals surface area contributed by atoms with Crippen molar-refractivity contribution in [2.24, 2.45) is 0 Å². The summed E-state index contributed by atoms with van der Waals surface area (Å²) >= 11 is 0. The van der Waals surface area contributed by atoms with E-state index in [2.05, 4.69) is 15.2 Å². The van der Waals surface area contributed by atoms with E-state index < -0.39 is 11.9 Å². The Morgan fingerprint density at radius 2 is 1.96 bits per heavy atom. The fourth-order valence-electron chi connectivity index (χ4n) is 2.83. The van der Waals surface area contributed by atoms with E-state index in [4.69, 9.17) is 9.84 Å². The predicted molar refractivity (Wildman–Crippen MR) is 87.7 cm³/mol. The minimum absolute atomic E-state index is 0.0954. The van der Waals surface area contributed by atoms with Gasteiger partial charge in [0.2, 0.25) is 0 Å². The van der Waals surface area contributed by atoms with Crippen molar-refractivity contribution in [3.05, 3.63) is 34.9 Å². The second kappa shape index (κ2) is 6.00. The second-order valence-electron chi connectivity index (χ2n) is 5.48. The standard InChI is InChI=1S/C16H17N5O4/c1-5-20-9(3)14(8(2)18-20)10-6-12(16(24)25-4)21-13(17-10)7-11(19-21)15(22)23/h6-7H,5H2,1-4H3,(H,22,23). The number of hydrogen-bond acceptors (Lipinski definition) is 6. The van der Waals surface area contributed by atoms with Gasteiger partial charge in [-0.1, -0.05) is 0 Å². The van der Waals surface area contributed by atoms with Crippen LogP contribution in [0.2, 0.25) is 0 Å². The summed E-state index contributed by atoms with van der Waals surface area (Å²) in [5.41, 5.74) is 3.13. The van der Waals surface area contributed by atoms with E-state index in [1.807, 2.05) is 25.5 Å². The van der Waals surface area contributed by atoms with Gasteiger partial charge in [0, 0.05) is 23.9 Å². The highest BCUT2D eigenvalue weighted by atomic mass is 16.5. The molecule has 9 nitrogen and oxygen atoms in total. The zero-order valence-corrected chi connectivity index (χ0v) is 14.3. The zero-order valence-electron chi connectivity index (χ0n) is 14.3. The van der Waals surface area contributed by atoms with Crippen molar-refractivity contribution in [2.75, 3.05) is 7.11 Å². The zero-order chi connectivity index (χ0) is 18.3. The van der Waals surface area contributed by atoms with Gasteiger partial charge in [0.15, 0.2) is 17.0 Å². The monoisotopic (exact) mass is 343 g/mol. The van der Waals surface area contributed by atoms with Crippen molar-refractivity contribution in [3.8, 4) is 11.3 Å². The van der Waals surface area contributed by atoms with Gasteiger partial charge >= 0.3 is 11.9 Å². The number of methoxy groups -OCH3 is 1. The molecule has 0 bridgehead atoms. The first kappa shape index (κ1) is 16.6. The van der Waals surface area contributed by atoms with Crippen LogP contribution in [-0.4, -0.2) is 48.5 Å². The van der Waals surface area contributed by atoms with Crippen LogP contribution in [0.5, 0.6) is 0 Å². The maximum absolute atomic E-state index is 12.1. The van der Waals surface area contributed by atoms with Crippen molar-refractivity contribution in [1.29, 1.82) is 0 Å². The van der Waals surface area contributed by atoms with Crippen LogP contribution in [0.4, 0.5) is 0 Å². The van der Waals surface area contributed by atoms with E-state index in [0.717, 1.165) is 17.0 Å². The number of hydrogen-bond donors (Lipinski definition) is 1. The number of carbonyl (C=O) groups excluding carboxylic acids is 1. The Kier molecular flexibility index (Phi) is 3.99. The molecule has 0 aliphatic heterocycles. The molecule has 0 saturated heterocycles. The lowest BCUT2D eigenvalue weighted by molar-refractivity contribution is 0.0588. The van der Waals surface area contributed by atoms with Crippen molar-refractivity contribution in [1.82, 2.24) is 24.4 Å². The Morgan fingerprint density at radius 1 is 1.24 bits per heavy atom. The number of rotatable bonds is 4. The van der Waals surface area contributed by atoms with E-state index in [1.165, 1.54) is 23.8 Å². The number of aromatic nitrogens is 5. The van der Waals surface area contributed by atoms with E-state index >= 15 is 0 Å². The Labute approximate surface area is 142 Å². The van der Waals surface area contributed by atoms with E-state index in [9.17, 15) is 9.59 Å². The lowest BCUT2D eigenvalue weighted by Crippen LogP contribution is -2.11. The molecule has 9 heteroatoms. The summed E-state index contributed by atoms with van der Waals surface area (Å²) < 4.78 is 7.81. The van der Waals surface area contributed by atoms with Crippen LogP contribution >= 0.6 is 0 Å². The number of fused-ring (bicyclic) bond motifs is 1. The van der Waals surface area contributed by atoms with Gasteiger partial charge < -0.3 is 9.84 Å². The van der Waals surface area contributed by atoms with Crippen LogP contribution in [0.1, 0.15) is 39.3 Å². The molecule has 0 unspecified atom stereocenters. The molecule has 1 N–H and O–H groups in total. The number of carbonyl (C=O) groups is 2. The molecule has 0 aliphatic carbocycles. The highest BCUT2D eigenvalue weighted by Crippen LogP contribution is 2.27. The summed E-state index contributed by atoms with van der Waals surface area (Å²) in [6.45, 7) is 6.46. The van der Waals surface area contributed by atoms with Gasteiger partial charge in [0.05, 0.1) is 18.5 Å². The third kappa shape index (κ3) is 2.63. The molecule has 130 valence electrons. The van der Waals surface area contributed by atoms with Gasteiger partial charge in [-0.05, 0) is 26.8 Å². The maximum Gasteiger partial charge on any atom is 0.356 e. The first-order valence-electron chi connectivity index (χ1n) is 7.64. The third-order valence-electron chi connectivity index (χ3n) is 3.98. The Hall–Kier alpha value is -3.23. The molecular formula is C16H17N5O4. The molecule has 25 heavy (non-hydrogen) atoms. The summed E-state index contributed by atoms with van der Waals surface area (Å²) in [6, 6.07) is 2.85. The first-order chi connectivity index (χ1) is 11.9. The lowest BCUT2D eigenvalue weighted by atomic mass is 10.1. The molecule has 3 heterocycles. The molecule has 0 amide bonds. The van der Waals surface area contributed by atoms with Crippen LogP contribution in [0.25, 0.3) is 16.9 Å². The van der Waals surface area contributed by atoms with Gasteiger partial charge in [-0.15, -0.1) is 0 Å². The van der Waals surface area contributed by atoms with Crippen LogP contribution in [-0.2, 0) is 11.3 Å². The maximum atomic E-state index is 12.1. The van der Waals surface area contributed by atoms with Crippen molar-refractivity contribution >= 4 is 17.6 Å². The number of nitrogens with zero attached hydrogens (tertiary/aromatic N) is 5. The minimum Gasteiger partial charge on any atom is -0.476 e. The number of esters is 1. The summed E-state index contributed by atoms with van der Waals surface area (Å²) in [5, 5.41) is 17.5. The number of carboxylic acids is 1. The fourth-order valence-corrected chi connectivity index (χ4v) is 2.83. The van der Waals surface area contributed by atoms with Gasteiger partial charge in [-0.2, -0.15) is 10.2 Å². The highest BCUT2D eigenvalue weighted by Gasteiger charge is 2.21. The van der Waals surface area contributed by atoms with Crippen molar-refractivity contribution in [3.63, 3.8) is 0 Å². The molecule has 0 saturated carbocycles. The molecule has 0 radical (unpaired) electrons. The Balaban J connectivity index is 2.32. The molecule has 3 aromatic heterocycles. The molecule has 0 atom stereocenters. The normalized spacial score (nSPS) is 11.0. The third-order valence-corrected chi connectivity index (χ3v) is 3.98. The first-order valence-corrected chi connectivity index (χ1v) is 7.64. The fraction of sp³-hybridized carbons (Fsp3) is 0.312. The average molecular weight is 343 g/mol. The summed E-state index contributed by atoms with van der Waals surface area (Å²) in [5.74, 6) is -1.83.